The van der Waals surface area contributed by atoms with E-state index in [1.54, 1.807) is 0 Å². The summed E-state index contributed by atoms with van der Waals surface area (Å²) in [5, 5.41) is 3.00. The van der Waals surface area contributed by atoms with Crippen LogP contribution in [0.5, 0.6) is 0 Å². The number of benzene rings is 1. The molecule has 4 heteroatoms. The summed E-state index contributed by atoms with van der Waals surface area (Å²) in [7, 11) is 0. The number of nitrogens with one attached hydrogen (secondary N) is 2. The Hall–Kier alpha value is -2.62. The van der Waals surface area contributed by atoms with Crippen LogP contribution in [-0.4, -0.2) is 16.9 Å². The SMILES string of the molecule is CCCc1ccc(/C(=C\[C@H]2CCC(=O)N2)c2ccc(C(C)(C)C)cc2)[nH]c1=O. The molecule has 0 unspecified atom stereocenters. The second-order valence-electron chi connectivity index (χ2n) is 8.60. The number of carbonyl (C=O) groups excluding carboxylic acids is 1. The lowest BCUT2D eigenvalue weighted by Crippen LogP contribution is -2.23. The minimum absolute atomic E-state index is 0.0105. The lowest BCUT2D eigenvalue weighted by molar-refractivity contribution is -0.119. The Kier molecular flexibility index (Phi) is 5.87. The third-order valence-electron chi connectivity index (χ3n) is 5.26. The molecular formula is C24H30N2O2. The van der Waals surface area contributed by atoms with Crippen molar-refractivity contribution in [3.63, 3.8) is 0 Å². The number of H-pyrrole nitrogens is 1. The quantitative estimate of drug-likeness (QED) is 0.813. The zero-order valence-electron chi connectivity index (χ0n) is 17.3. The number of aromatic nitrogens is 1. The highest BCUT2D eigenvalue weighted by atomic mass is 16.2. The molecule has 2 N–H and O–H groups in total. The second-order valence-corrected chi connectivity index (χ2v) is 8.60. The van der Waals surface area contributed by atoms with Crippen molar-refractivity contribution < 1.29 is 4.79 Å². The van der Waals surface area contributed by atoms with Crippen LogP contribution < -0.4 is 10.9 Å². The molecule has 1 saturated heterocycles. The number of pyridine rings is 1. The van der Waals surface area contributed by atoms with Crippen LogP contribution in [0.15, 0.2) is 47.3 Å². The number of aromatic amines is 1. The van der Waals surface area contributed by atoms with Gasteiger partial charge in [0.25, 0.3) is 5.56 Å². The molecule has 2 aromatic rings. The molecule has 3 rings (SSSR count). The van der Waals surface area contributed by atoms with Crippen LogP contribution in [0.2, 0.25) is 0 Å². The Morgan fingerprint density at radius 2 is 1.82 bits per heavy atom. The van der Waals surface area contributed by atoms with Gasteiger partial charge in [0, 0.05) is 29.3 Å². The molecule has 1 aliphatic heterocycles. The van der Waals surface area contributed by atoms with Gasteiger partial charge in [0.05, 0.1) is 0 Å². The van der Waals surface area contributed by atoms with Crippen LogP contribution in [0.1, 0.15) is 69.3 Å². The first-order valence-electron chi connectivity index (χ1n) is 10.1. The first kappa shape index (κ1) is 20.1. The van der Waals surface area contributed by atoms with Gasteiger partial charge in [-0.25, -0.2) is 0 Å². The lowest BCUT2D eigenvalue weighted by atomic mass is 9.86. The van der Waals surface area contributed by atoms with Crippen molar-refractivity contribution >= 4 is 11.5 Å². The van der Waals surface area contributed by atoms with Gasteiger partial charge in [-0.15, -0.1) is 0 Å². The van der Waals surface area contributed by atoms with Crippen LogP contribution in [0.3, 0.4) is 0 Å². The summed E-state index contributed by atoms with van der Waals surface area (Å²) in [6.07, 6.45) is 5.10. The minimum atomic E-state index is -0.0352. The smallest absolute Gasteiger partial charge is 0.251 e. The number of hydrogen-bond acceptors (Lipinski definition) is 2. The summed E-state index contributed by atoms with van der Waals surface area (Å²) in [4.78, 5) is 27.2. The predicted octanol–water partition coefficient (Wildman–Crippen LogP) is 4.34. The largest absolute Gasteiger partial charge is 0.350 e. The molecule has 0 saturated carbocycles. The number of aryl methyl sites for hydroxylation is 1. The fraction of sp³-hybridized carbons (Fsp3) is 0.417. The van der Waals surface area contributed by atoms with Crippen molar-refractivity contribution in [2.24, 2.45) is 0 Å². The first-order valence-corrected chi connectivity index (χ1v) is 10.1. The molecular weight excluding hydrogens is 348 g/mol. The highest BCUT2D eigenvalue weighted by molar-refractivity contribution is 5.82. The zero-order chi connectivity index (χ0) is 20.3. The summed E-state index contributed by atoms with van der Waals surface area (Å²) >= 11 is 0. The molecule has 0 bridgehead atoms. The van der Waals surface area contributed by atoms with Gasteiger partial charge in [0.1, 0.15) is 0 Å². The maximum atomic E-state index is 12.5. The average molecular weight is 379 g/mol. The third kappa shape index (κ3) is 4.61. The monoisotopic (exact) mass is 378 g/mol. The van der Waals surface area contributed by atoms with Crippen molar-refractivity contribution in [2.45, 2.75) is 64.8 Å². The Morgan fingerprint density at radius 3 is 2.36 bits per heavy atom. The van der Waals surface area contributed by atoms with Gasteiger partial charge in [-0.1, -0.05) is 70.5 Å². The van der Waals surface area contributed by atoms with Crippen molar-refractivity contribution in [3.8, 4) is 0 Å². The average Bonchev–Trinajstić information content (AvgIpc) is 3.06. The normalized spacial score (nSPS) is 17.6. The molecule has 4 nitrogen and oxygen atoms in total. The van der Waals surface area contributed by atoms with E-state index in [-0.39, 0.29) is 22.9 Å². The van der Waals surface area contributed by atoms with E-state index in [1.807, 2.05) is 12.1 Å². The van der Waals surface area contributed by atoms with E-state index < -0.39 is 0 Å². The molecule has 1 aromatic heterocycles. The van der Waals surface area contributed by atoms with Crippen LogP contribution in [0, 0.1) is 0 Å². The summed E-state index contributed by atoms with van der Waals surface area (Å²) in [5.74, 6) is 0.0791. The Bertz CT molecular complexity index is 930. The van der Waals surface area contributed by atoms with Crippen molar-refractivity contribution in [3.05, 3.63) is 75.2 Å². The Balaban J connectivity index is 2.03. The summed E-state index contributed by atoms with van der Waals surface area (Å²) < 4.78 is 0. The number of hydrogen-bond donors (Lipinski definition) is 2. The van der Waals surface area contributed by atoms with Crippen LogP contribution in [0.25, 0.3) is 5.57 Å². The van der Waals surface area contributed by atoms with Gasteiger partial charge < -0.3 is 10.3 Å². The summed E-state index contributed by atoms with van der Waals surface area (Å²) in [6.45, 7) is 8.64. The molecule has 1 aromatic carbocycles. The van der Waals surface area contributed by atoms with E-state index in [1.165, 1.54) is 5.56 Å². The van der Waals surface area contributed by atoms with E-state index in [0.29, 0.717) is 6.42 Å². The van der Waals surface area contributed by atoms with Gasteiger partial charge in [0.15, 0.2) is 0 Å². The van der Waals surface area contributed by atoms with Gasteiger partial charge >= 0.3 is 0 Å². The first-order chi connectivity index (χ1) is 13.3. The lowest BCUT2D eigenvalue weighted by Gasteiger charge is -2.20. The van der Waals surface area contributed by atoms with Crippen molar-refractivity contribution in [2.75, 3.05) is 0 Å². The second kappa shape index (κ2) is 8.17. The molecule has 1 amide bonds. The fourth-order valence-electron chi connectivity index (χ4n) is 3.58. The maximum absolute atomic E-state index is 12.5. The molecule has 1 atom stereocenters. The van der Waals surface area contributed by atoms with Crippen molar-refractivity contribution in [1.82, 2.24) is 10.3 Å². The number of carbonyl (C=O) groups is 1. The van der Waals surface area contributed by atoms with E-state index in [2.05, 4.69) is 68.3 Å². The van der Waals surface area contributed by atoms with Gasteiger partial charge in [-0.05, 0) is 35.4 Å². The van der Waals surface area contributed by atoms with E-state index in [4.69, 9.17) is 0 Å². The summed E-state index contributed by atoms with van der Waals surface area (Å²) in [5.41, 5.74) is 4.89. The van der Waals surface area contributed by atoms with Gasteiger partial charge in [0.2, 0.25) is 5.91 Å². The fourth-order valence-corrected chi connectivity index (χ4v) is 3.58. The maximum Gasteiger partial charge on any atom is 0.251 e. The molecule has 0 spiro atoms. The highest BCUT2D eigenvalue weighted by Crippen LogP contribution is 2.28. The van der Waals surface area contributed by atoms with Crippen LogP contribution in [-0.2, 0) is 16.6 Å². The van der Waals surface area contributed by atoms with E-state index in [0.717, 1.165) is 41.7 Å². The van der Waals surface area contributed by atoms with E-state index in [9.17, 15) is 9.59 Å². The standard InChI is InChI=1S/C24H30N2O2/c1-5-6-17-9-13-21(26-23(17)28)20(15-19-12-14-22(27)25-19)16-7-10-18(11-8-16)24(2,3)4/h7-11,13,15,19H,5-6,12,14H2,1-4H3,(H,25,27)(H,26,28)/b20-15-/t19-/m1/s1. The molecule has 0 aliphatic carbocycles. The van der Waals surface area contributed by atoms with Crippen LogP contribution >= 0.6 is 0 Å². The number of amides is 1. The van der Waals surface area contributed by atoms with Crippen LogP contribution in [0.4, 0.5) is 0 Å². The molecule has 148 valence electrons. The van der Waals surface area contributed by atoms with Gasteiger partial charge in [-0.2, -0.15) is 0 Å². The topological polar surface area (TPSA) is 62.0 Å². The Morgan fingerprint density at radius 1 is 1.11 bits per heavy atom. The van der Waals surface area contributed by atoms with E-state index >= 15 is 0 Å². The molecule has 2 heterocycles. The number of rotatable bonds is 5. The molecule has 28 heavy (non-hydrogen) atoms. The summed E-state index contributed by atoms with van der Waals surface area (Å²) in [6, 6.07) is 12.4. The third-order valence-corrected chi connectivity index (χ3v) is 5.26. The Labute approximate surface area is 167 Å². The predicted molar refractivity (Wildman–Crippen MR) is 114 cm³/mol. The minimum Gasteiger partial charge on any atom is -0.350 e. The molecule has 1 fully saturated rings. The highest BCUT2D eigenvalue weighted by Gasteiger charge is 2.21. The van der Waals surface area contributed by atoms with Gasteiger partial charge in [-0.3, -0.25) is 9.59 Å². The zero-order valence-corrected chi connectivity index (χ0v) is 17.3. The molecule has 0 radical (unpaired) electrons. The molecule has 1 aliphatic rings. The van der Waals surface area contributed by atoms with Crippen molar-refractivity contribution in [1.29, 1.82) is 0 Å².